The van der Waals surface area contributed by atoms with Gasteiger partial charge in [-0.1, -0.05) is 38.5 Å². The van der Waals surface area contributed by atoms with Crippen LogP contribution in [0.5, 0.6) is 0 Å². The molecule has 0 bridgehead atoms. The smallest absolute Gasteiger partial charge is 0.308 e. The minimum atomic E-state index is -0.425. The second-order valence-electron chi connectivity index (χ2n) is 8.55. The van der Waals surface area contributed by atoms with Gasteiger partial charge in [0.1, 0.15) is 0 Å². The number of allylic oxidation sites excluding steroid dienone is 5. The molecule has 0 aliphatic heterocycles. The predicted octanol–water partition coefficient (Wildman–Crippen LogP) is 4.35. The molecular formula is C21H26O3. The molecule has 0 radical (unpaired) electrons. The lowest BCUT2D eigenvalue weighted by Gasteiger charge is -2.54. The monoisotopic (exact) mass is 326 g/mol. The van der Waals surface area contributed by atoms with Crippen molar-refractivity contribution in [2.24, 2.45) is 28.6 Å². The summed E-state index contributed by atoms with van der Waals surface area (Å²) in [6, 6.07) is 0. The Morgan fingerprint density at radius 1 is 1.17 bits per heavy atom. The van der Waals surface area contributed by atoms with Gasteiger partial charge in [0.05, 0.1) is 0 Å². The SMILES string of the molecule is CC(=O)OC1=C2C=C[C@H]3[C@@H]4CCC[C@@]4(C)CC[C@@H]3[C@@]2(C)C=CC1=O. The first-order valence-electron chi connectivity index (χ1n) is 9.20. The Bertz CT molecular complexity index is 698. The molecule has 2 fully saturated rings. The van der Waals surface area contributed by atoms with E-state index in [-0.39, 0.29) is 17.0 Å². The summed E-state index contributed by atoms with van der Waals surface area (Å²) in [6.45, 7) is 6.04. The molecule has 3 heteroatoms. The molecule has 128 valence electrons. The van der Waals surface area contributed by atoms with Crippen LogP contribution in [0.2, 0.25) is 0 Å². The minimum Gasteiger partial charge on any atom is -0.422 e. The zero-order valence-electron chi connectivity index (χ0n) is 14.8. The second kappa shape index (κ2) is 5.18. The van der Waals surface area contributed by atoms with E-state index in [0.717, 1.165) is 11.5 Å². The lowest BCUT2D eigenvalue weighted by molar-refractivity contribution is -0.140. The van der Waals surface area contributed by atoms with E-state index in [1.807, 2.05) is 0 Å². The maximum atomic E-state index is 12.3. The average molecular weight is 326 g/mol. The van der Waals surface area contributed by atoms with Gasteiger partial charge >= 0.3 is 5.97 Å². The number of ketones is 1. The number of ether oxygens (including phenoxy) is 1. The van der Waals surface area contributed by atoms with Gasteiger partial charge in [-0.3, -0.25) is 9.59 Å². The van der Waals surface area contributed by atoms with Crippen molar-refractivity contribution in [3.63, 3.8) is 0 Å². The Kier molecular flexibility index (Phi) is 3.42. The highest BCUT2D eigenvalue weighted by atomic mass is 16.5. The van der Waals surface area contributed by atoms with Crippen LogP contribution < -0.4 is 0 Å². The van der Waals surface area contributed by atoms with Gasteiger partial charge in [0.25, 0.3) is 0 Å². The third kappa shape index (κ3) is 2.09. The fraction of sp³-hybridized carbons (Fsp3) is 0.619. The molecule has 4 aliphatic carbocycles. The molecule has 0 aromatic rings. The van der Waals surface area contributed by atoms with Crippen molar-refractivity contribution in [3.8, 4) is 0 Å². The Morgan fingerprint density at radius 2 is 1.96 bits per heavy atom. The Hall–Kier alpha value is -1.64. The maximum absolute atomic E-state index is 12.3. The van der Waals surface area contributed by atoms with Crippen LogP contribution in [0, 0.1) is 28.6 Å². The zero-order chi connectivity index (χ0) is 17.1. The van der Waals surface area contributed by atoms with Gasteiger partial charge in [-0.05, 0) is 54.9 Å². The van der Waals surface area contributed by atoms with Gasteiger partial charge in [-0.25, -0.2) is 0 Å². The number of rotatable bonds is 1. The molecule has 0 unspecified atom stereocenters. The molecule has 0 N–H and O–H groups in total. The number of carbonyl (C=O) groups excluding carboxylic acids is 2. The molecule has 2 saturated carbocycles. The highest BCUT2D eigenvalue weighted by Gasteiger charge is 2.55. The van der Waals surface area contributed by atoms with Crippen LogP contribution in [-0.2, 0) is 14.3 Å². The quantitative estimate of drug-likeness (QED) is 0.673. The second-order valence-corrected chi connectivity index (χ2v) is 8.55. The summed E-state index contributed by atoms with van der Waals surface area (Å²) in [5, 5.41) is 0. The molecule has 5 atom stereocenters. The van der Waals surface area contributed by atoms with Crippen LogP contribution in [0.1, 0.15) is 52.9 Å². The van der Waals surface area contributed by atoms with Gasteiger partial charge in [-0.15, -0.1) is 0 Å². The molecule has 0 heterocycles. The number of esters is 1. The molecule has 24 heavy (non-hydrogen) atoms. The third-order valence-electron chi connectivity index (χ3n) is 7.24. The topological polar surface area (TPSA) is 43.4 Å². The number of carbonyl (C=O) groups is 2. The van der Waals surface area contributed by atoms with E-state index >= 15 is 0 Å². The summed E-state index contributed by atoms with van der Waals surface area (Å²) in [7, 11) is 0. The number of fused-ring (bicyclic) bond motifs is 5. The summed E-state index contributed by atoms with van der Waals surface area (Å²) in [6.07, 6.45) is 14.5. The van der Waals surface area contributed by atoms with E-state index in [1.54, 1.807) is 6.08 Å². The molecule has 0 amide bonds. The largest absolute Gasteiger partial charge is 0.422 e. The van der Waals surface area contributed by atoms with Crippen LogP contribution in [0.25, 0.3) is 0 Å². The van der Waals surface area contributed by atoms with E-state index in [0.29, 0.717) is 17.3 Å². The van der Waals surface area contributed by atoms with E-state index in [1.165, 1.54) is 39.0 Å². The van der Waals surface area contributed by atoms with Gasteiger partial charge in [0.2, 0.25) is 5.78 Å². The van der Waals surface area contributed by atoms with Crippen LogP contribution >= 0.6 is 0 Å². The first kappa shape index (κ1) is 15.9. The van der Waals surface area contributed by atoms with Crippen LogP contribution in [0.15, 0.2) is 35.6 Å². The predicted molar refractivity (Wildman–Crippen MR) is 91.8 cm³/mol. The van der Waals surface area contributed by atoms with Crippen LogP contribution in [-0.4, -0.2) is 11.8 Å². The van der Waals surface area contributed by atoms with Crippen LogP contribution in [0.3, 0.4) is 0 Å². The van der Waals surface area contributed by atoms with Crippen molar-refractivity contribution in [2.45, 2.75) is 52.9 Å². The first-order chi connectivity index (χ1) is 11.3. The fourth-order valence-electron chi connectivity index (χ4n) is 5.98. The molecule has 0 aromatic heterocycles. The fourth-order valence-corrected chi connectivity index (χ4v) is 5.98. The van der Waals surface area contributed by atoms with Gasteiger partial charge in [0.15, 0.2) is 5.76 Å². The lowest BCUT2D eigenvalue weighted by atomic mass is 9.50. The average Bonchev–Trinajstić information content (AvgIpc) is 2.92. The summed E-state index contributed by atoms with van der Waals surface area (Å²) in [5.74, 6) is 1.42. The van der Waals surface area contributed by atoms with E-state index in [4.69, 9.17) is 4.74 Å². The third-order valence-corrected chi connectivity index (χ3v) is 7.24. The van der Waals surface area contributed by atoms with E-state index < -0.39 is 5.97 Å². The molecule has 4 aliphatic rings. The molecule has 0 aromatic carbocycles. The van der Waals surface area contributed by atoms with Crippen molar-refractivity contribution in [2.75, 3.05) is 0 Å². The first-order valence-corrected chi connectivity index (χ1v) is 9.20. The van der Waals surface area contributed by atoms with Crippen molar-refractivity contribution in [1.29, 1.82) is 0 Å². The minimum absolute atomic E-state index is 0.192. The highest BCUT2D eigenvalue weighted by Crippen LogP contribution is 2.63. The Balaban J connectivity index is 1.80. The Morgan fingerprint density at radius 3 is 2.71 bits per heavy atom. The summed E-state index contributed by atoms with van der Waals surface area (Å²) < 4.78 is 5.31. The normalized spacial score (nSPS) is 43.3. The van der Waals surface area contributed by atoms with E-state index in [9.17, 15) is 9.59 Å². The van der Waals surface area contributed by atoms with Crippen molar-refractivity contribution in [3.05, 3.63) is 35.6 Å². The van der Waals surface area contributed by atoms with Gasteiger partial charge in [-0.2, -0.15) is 0 Å². The summed E-state index contributed by atoms with van der Waals surface area (Å²) in [5.41, 5.74) is 1.17. The summed E-state index contributed by atoms with van der Waals surface area (Å²) >= 11 is 0. The molecular weight excluding hydrogens is 300 g/mol. The number of hydrogen-bond donors (Lipinski definition) is 0. The van der Waals surface area contributed by atoms with Gasteiger partial charge < -0.3 is 4.74 Å². The lowest BCUT2D eigenvalue weighted by Crippen LogP contribution is -2.47. The maximum Gasteiger partial charge on any atom is 0.308 e. The highest BCUT2D eigenvalue weighted by molar-refractivity contribution is 6.06. The Labute approximate surface area is 143 Å². The molecule has 0 saturated heterocycles. The molecule has 4 rings (SSSR count). The van der Waals surface area contributed by atoms with E-state index in [2.05, 4.69) is 32.1 Å². The van der Waals surface area contributed by atoms with Crippen LogP contribution in [0.4, 0.5) is 0 Å². The van der Waals surface area contributed by atoms with Crippen molar-refractivity contribution in [1.82, 2.24) is 0 Å². The van der Waals surface area contributed by atoms with Crippen molar-refractivity contribution >= 4 is 11.8 Å². The number of hydrogen-bond acceptors (Lipinski definition) is 3. The van der Waals surface area contributed by atoms with Crippen molar-refractivity contribution < 1.29 is 14.3 Å². The molecule has 0 spiro atoms. The van der Waals surface area contributed by atoms with Gasteiger partial charge in [0, 0.05) is 17.9 Å². The summed E-state index contributed by atoms with van der Waals surface area (Å²) in [4.78, 5) is 23.7. The molecule has 3 nitrogen and oxygen atoms in total. The zero-order valence-corrected chi connectivity index (χ0v) is 14.8. The standard InChI is InChI=1S/C21H26O3/c1-13(22)24-19-17-7-6-14-15-5-4-10-20(15,2)11-8-16(14)21(17,3)12-9-18(19)23/h6-7,9,12,14-16H,4-5,8,10-11H2,1-3H3/t14-,15-,16-,20-,21+/m0/s1.